The molecule has 5 nitrogen and oxygen atoms in total. The average molecular weight is 206 g/mol. The maximum Gasteiger partial charge on any atom is 0.222 e. The van der Waals surface area contributed by atoms with E-state index < -0.39 is 0 Å². The Morgan fingerprint density at radius 3 is 3.00 bits per heavy atom. The number of rotatable bonds is 2. The molecule has 1 saturated heterocycles. The summed E-state index contributed by atoms with van der Waals surface area (Å²) in [7, 11) is 0. The second-order valence-electron chi connectivity index (χ2n) is 3.74. The van der Waals surface area contributed by atoms with Gasteiger partial charge in [-0.05, 0) is 18.6 Å². The van der Waals surface area contributed by atoms with Crippen molar-refractivity contribution in [2.24, 2.45) is 11.7 Å². The summed E-state index contributed by atoms with van der Waals surface area (Å²) in [4.78, 5) is 17.1. The van der Waals surface area contributed by atoms with Crippen molar-refractivity contribution in [2.45, 2.75) is 6.42 Å². The van der Waals surface area contributed by atoms with Gasteiger partial charge in [0, 0.05) is 19.3 Å². The number of nitrogens with two attached hydrogens (primary N) is 2. The third-order valence-electron chi connectivity index (χ3n) is 2.75. The second kappa shape index (κ2) is 3.76. The van der Waals surface area contributed by atoms with Gasteiger partial charge in [-0.25, -0.2) is 4.98 Å². The van der Waals surface area contributed by atoms with E-state index in [0.29, 0.717) is 12.4 Å². The van der Waals surface area contributed by atoms with Gasteiger partial charge in [0.1, 0.15) is 5.82 Å². The molecule has 15 heavy (non-hydrogen) atoms. The highest BCUT2D eigenvalue weighted by Gasteiger charge is 2.27. The fraction of sp³-hybridized carbons (Fsp3) is 0.400. The first-order valence-electron chi connectivity index (χ1n) is 4.93. The Hall–Kier alpha value is -1.78. The van der Waals surface area contributed by atoms with Crippen LogP contribution in [0.15, 0.2) is 18.3 Å². The molecule has 1 atom stereocenters. The van der Waals surface area contributed by atoms with Gasteiger partial charge in [-0.2, -0.15) is 0 Å². The number of aromatic nitrogens is 1. The highest BCUT2D eigenvalue weighted by atomic mass is 16.1. The van der Waals surface area contributed by atoms with E-state index in [-0.39, 0.29) is 11.8 Å². The van der Waals surface area contributed by atoms with Gasteiger partial charge in [-0.3, -0.25) is 4.79 Å². The molecule has 0 radical (unpaired) electrons. The SMILES string of the molecule is NC(=O)C1CCN(c2cccnc2N)C1. The topological polar surface area (TPSA) is 85.2 Å². The molecule has 80 valence electrons. The first-order valence-corrected chi connectivity index (χ1v) is 4.93. The Kier molecular flexibility index (Phi) is 2.45. The number of primary amides is 1. The number of carbonyl (C=O) groups is 1. The lowest BCUT2D eigenvalue weighted by Gasteiger charge is -2.19. The van der Waals surface area contributed by atoms with Gasteiger partial charge in [0.25, 0.3) is 0 Å². The fourth-order valence-electron chi connectivity index (χ4n) is 1.89. The Balaban J connectivity index is 2.14. The third-order valence-corrected chi connectivity index (χ3v) is 2.75. The molecule has 0 bridgehead atoms. The number of anilines is 2. The van der Waals surface area contributed by atoms with E-state index >= 15 is 0 Å². The van der Waals surface area contributed by atoms with Crippen molar-refractivity contribution in [3.8, 4) is 0 Å². The molecule has 1 aliphatic rings. The van der Waals surface area contributed by atoms with E-state index in [2.05, 4.69) is 9.88 Å². The van der Waals surface area contributed by atoms with Crippen molar-refractivity contribution in [1.82, 2.24) is 4.98 Å². The molecule has 1 fully saturated rings. The predicted molar refractivity (Wildman–Crippen MR) is 58.2 cm³/mol. The minimum Gasteiger partial charge on any atom is -0.382 e. The Labute approximate surface area is 88.1 Å². The van der Waals surface area contributed by atoms with Crippen molar-refractivity contribution in [3.05, 3.63) is 18.3 Å². The molecular weight excluding hydrogens is 192 g/mol. The van der Waals surface area contributed by atoms with Gasteiger partial charge in [0.05, 0.1) is 11.6 Å². The molecule has 2 rings (SSSR count). The highest BCUT2D eigenvalue weighted by molar-refractivity contribution is 5.78. The van der Waals surface area contributed by atoms with Crippen LogP contribution < -0.4 is 16.4 Å². The molecule has 0 saturated carbocycles. The van der Waals surface area contributed by atoms with Crippen LogP contribution in [0.2, 0.25) is 0 Å². The zero-order valence-electron chi connectivity index (χ0n) is 8.39. The number of nitrogen functional groups attached to an aromatic ring is 1. The minimum absolute atomic E-state index is 0.0652. The van der Waals surface area contributed by atoms with Crippen LogP contribution in [-0.4, -0.2) is 24.0 Å². The summed E-state index contributed by atoms with van der Waals surface area (Å²) >= 11 is 0. The van der Waals surface area contributed by atoms with Crippen molar-refractivity contribution < 1.29 is 4.79 Å². The summed E-state index contributed by atoms with van der Waals surface area (Å²) in [6.07, 6.45) is 2.45. The summed E-state index contributed by atoms with van der Waals surface area (Å²) in [5.41, 5.74) is 11.9. The Bertz CT molecular complexity index is 379. The molecule has 1 amide bonds. The number of hydrogen-bond acceptors (Lipinski definition) is 4. The lowest BCUT2D eigenvalue weighted by Crippen LogP contribution is -2.27. The van der Waals surface area contributed by atoms with Crippen molar-refractivity contribution in [2.75, 3.05) is 23.7 Å². The molecule has 0 aliphatic carbocycles. The average Bonchev–Trinajstić information content (AvgIpc) is 2.67. The summed E-state index contributed by atoms with van der Waals surface area (Å²) in [5, 5.41) is 0. The first-order chi connectivity index (χ1) is 7.18. The number of hydrogen-bond donors (Lipinski definition) is 2. The van der Waals surface area contributed by atoms with Gasteiger partial charge in [0.15, 0.2) is 0 Å². The van der Waals surface area contributed by atoms with Crippen LogP contribution in [0, 0.1) is 5.92 Å². The maximum atomic E-state index is 11.0. The summed E-state index contributed by atoms with van der Waals surface area (Å²) < 4.78 is 0. The van der Waals surface area contributed by atoms with Crippen LogP contribution in [0.5, 0.6) is 0 Å². The van der Waals surface area contributed by atoms with Crippen molar-refractivity contribution in [3.63, 3.8) is 0 Å². The largest absolute Gasteiger partial charge is 0.382 e. The molecule has 4 N–H and O–H groups in total. The van der Waals surface area contributed by atoms with E-state index in [1.807, 2.05) is 12.1 Å². The Morgan fingerprint density at radius 1 is 1.60 bits per heavy atom. The zero-order chi connectivity index (χ0) is 10.8. The van der Waals surface area contributed by atoms with Crippen molar-refractivity contribution in [1.29, 1.82) is 0 Å². The van der Waals surface area contributed by atoms with Crippen LogP contribution in [0.4, 0.5) is 11.5 Å². The van der Waals surface area contributed by atoms with Gasteiger partial charge in [-0.1, -0.05) is 0 Å². The number of carbonyl (C=O) groups excluding carboxylic acids is 1. The minimum atomic E-state index is -0.236. The summed E-state index contributed by atoms with van der Waals surface area (Å²) in [5.74, 6) is 0.201. The van der Waals surface area contributed by atoms with Crippen LogP contribution in [0.1, 0.15) is 6.42 Å². The number of pyridine rings is 1. The molecule has 1 aliphatic heterocycles. The maximum absolute atomic E-state index is 11.0. The molecule has 1 aromatic rings. The van der Waals surface area contributed by atoms with Crippen LogP contribution in [0.25, 0.3) is 0 Å². The molecule has 5 heteroatoms. The molecule has 0 aromatic carbocycles. The van der Waals surface area contributed by atoms with Gasteiger partial charge < -0.3 is 16.4 Å². The van der Waals surface area contributed by atoms with Crippen LogP contribution in [-0.2, 0) is 4.79 Å². The monoisotopic (exact) mass is 206 g/mol. The smallest absolute Gasteiger partial charge is 0.222 e. The van der Waals surface area contributed by atoms with E-state index in [9.17, 15) is 4.79 Å². The van der Waals surface area contributed by atoms with Crippen LogP contribution in [0.3, 0.4) is 0 Å². The molecule has 1 unspecified atom stereocenters. The third kappa shape index (κ3) is 1.86. The molecule has 2 heterocycles. The van der Waals surface area contributed by atoms with E-state index in [1.165, 1.54) is 0 Å². The highest BCUT2D eigenvalue weighted by Crippen LogP contribution is 2.26. The van der Waals surface area contributed by atoms with Gasteiger partial charge in [-0.15, -0.1) is 0 Å². The van der Waals surface area contributed by atoms with Crippen molar-refractivity contribution >= 4 is 17.4 Å². The number of nitrogens with zero attached hydrogens (tertiary/aromatic N) is 2. The van der Waals surface area contributed by atoms with E-state index in [4.69, 9.17) is 11.5 Å². The summed E-state index contributed by atoms with van der Waals surface area (Å²) in [6, 6.07) is 3.75. The normalized spacial score (nSPS) is 20.5. The summed E-state index contributed by atoms with van der Waals surface area (Å²) in [6.45, 7) is 1.45. The zero-order valence-corrected chi connectivity index (χ0v) is 8.39. The first kappa shape index (κ1) is 9.76. The van der Waals surface area contributed by atoms with E-state index in [1.54, 1.807) is 6.20 Å². The van der Waals surface area contributed by atoms with Gasteiger partial charge in [0.2, 0.25) is 5.91 Å². The standard InChI is InChI=1S/C10H14N4O/c11-9-8(2-1-4-13-9)14-5-3-7(6-14)10(12)15/h1-2,4,7H,3,5-6H2,(H2,11,13)(H2,12,15). The number of amides is 1. The quantitative estimate of drug-likeness (QED) is 0.711. The molecule has 1 aromatic heterocycles. The Morgan fingerprint density at radius 2 is 2.40 bits per heavy atom. The molecular formula is C10H14N4O. The lowest BCUT2D eigenvalue weighted by atomic mass is 10.1. The van der Waals surface area contributed by atoms with Crippen LogP contribution >= 0.6 is 0 Å². The molecule has 0 spiro atoms. The van der Waals surface area contributed by atoms with Gasteiger partial charge >= 0.3 is 0 Å². The second-order valence-corrected chi connectivity index (χ2v) is 3.74. The van der Waals surface area contributed by atoms with E-state index in [0.717, 1.165) is 18.7 Å². The lowest BCUT2D eigenvalue weighted by molar-refractivity contribution is -0.121. The fourth-order valence-corrected chi connectivity index (χ4v) is 1.89. The predicted octanol–water partition coefficient (Wildman–Crippen LogP) is -0.0246.